The van der Waals surface area contributed by atoms with E-state index in [1.165, 1.54) is 0 Å². The van der Waals surface area contributed by atoms with Crippen LogP contribution in [0.15, 0.2) is 42.5 Å². The van der Waals surface area contributed by atoms with Crippen LogP contribution in [0.4, 0.5) is 0 Å². The third-order valence-electron chi connectivity index (χ3n) is 3.14. The van der Waals surface area contributed by atoms with Crippen LogP contribution in [0.1, 0.15) is 18.1 Å². The van der Waals surface area contributed by atoms with E-state index in [-0.39, 0.29) is 0 Å². The van der Waals surface area contributed by atoms with Crippen molar-refractivity contribution in [3.05, 3.63) is 58.6 Å². The first-order valence-electron chi connectivity index (χ1n) is 6.98. The first-order chi connectivity index (χ1) is 10.2. The van der Waals surface area contributed by atoms with Gasteiger partial charge in [-0.25, -0.2) is 0 Å². The van der Waals surface area contributed by atoms with Crippen LogP contribution >= 0.6 is 11.6 Å². The lowest BCUT2D eigenvalue weighted by atomic mass is 10.1. The molecular formula is C17H20ClNO2. The zero-order chi connectivity index (χ0) is 15.1. The monoisotopic (exact) mass is 305 g/mol. The third kappa shape index (κ3) is 4.38. The zero-order valence-corrected chi connectivity index (χ0v) is 13.1. The summed E-state index contributed by atoms with van der Waals surface area (Å²) in [7, 11) is 1.65. The lowest BCUT2D eigenvalue weighted by Gasteiger charge is -2.15. The van der Waals surface area contributed by atoms with Crippen LogP contribution in [0, 0.1) is 0 Å². The van der Waals surface area contributed by atoms with Crippen LogP contribution in [0.2, 0.25) is 5.02 Å². The van der Waals surface area contributed by atoms with Crippen LogP contribution in [-0.2, 0) is 13.2 Å². The highest BCUT2D eigenvalue weighted by molar-refractivity contribution is 6.30. The van der Waals surface area contributed by atoms with Gasteiger partial charge in [0.1, 0.15) is 6.61 Å². The van der Waals surface area contributed by atoms with E-state index in [1.54, 1.807) is 7.11 Å². The van der Waals surface area contributed by atoms with Gasteiger partial charge in [-0.05, 0) is 30.3 Å². The van der Waals surface area contributed by atoms with Gasteiger partial charge in [0, 0.05) is 17.1 Å². The Bertz CT molecular complexity index is 570. The first-order valence-corrected chi connectivity index (χ1v) is 7.36. The summed E-state index contributed by atoms with van der Waals surface area (Å²) in [6, 6.07) is 13.6. The molecule has 0 fully saturated rings. The minimum Gasteiger partial charge on any atom is -0.493 e. The third-order valence-corrected chi connectivity index (χ3v) is 3.39. The predicted molar refractivity (Wildman–Crippen MR) is 86.2 cm³/mol. The van der Waals surface area contributed by atoms with Crippen molar-refractivity contribution in [2.75, 3.05) is 13.7 Å². The topological polar surface area (TPSA) is 30.5 Å². The van der Waals surface area contributed by atoms with Gasteiger partial charge in [0.15, 0.2) is 11.5 Å². The first kappa shape index (κ1) is 15.7. The molecule has 0 unspecified atom stereocenters. The van der Waals surface area contributed by atoms with E-state index in [0.29, 0.717) is 6.61 Å². The predicted octanol–water partition coefficient (Wildman–Crippen LogP) is 4.04. The molecule has 0 radical (unpaired) electrons. The van der Waals surface area contributed by atoms with Gasteiger partial charge in [0.25, 0.3) is 0 Å². The number of hydrogen-bond donors (Lipinski definition) is 1. The molecule has 21 heavy (non-hydrogen) atoms. The van der Waals surface area contributed by atoms with Crippen molar-refractivity contribution in [2.24, 2.45) is 0 Å². The van der Waals surface area contributed by atoms with Gasteiger partial charge < -0.3 is 14.8 Å². The highest BCUT2D eigenvalue weighted by Crippen LogP contribution is 2.31. The van der Waals surface area contributed by atoms with Gasteiger partial charge in [-0.15, -0.1) is 0 Å². The molecule has 0 bridgehead atoms. The van der Waals surface area contributed by atoms with Crippen LogP contribution in [0.25, 0.3) is 0 Å². The largest absolute Gasteiger partial charge is 0.493 e. The maximum atomic E-state index is 5.97. The smallest absolute Gasteiger partial charge is 0.166 e. The van der Waals surface area contributed by atoms with Crippen molar-refractivity contribution < 1.29 is 9.47 Å². The Hall–Kier alpha value is -1.71. The molecule has 112 valence electrons. The van der Waals surface area contributed by atoms with Crippen molar-refractivity contribution in [3.8, 4) is 11.5 Å². The summed E-state index contributed by atoms with van der Waals surface area (Å²) >= 11 is 5.89. The van der Waals surface area contributed by atoms with Crippen molar-refractivity contribution >= 4 is 11.6 Å². The Morgan fingerprint density at radius 2 is 1.86 bits per heavy atom. The number of rotatable bonds is 7. The Kier molecular flexibility index (Phi) is 5.90. The molecule has 0 aliphatic rings. The van der Waals surface area contributed by atoms with E-state index in [2.05, 4.69) is 12.2 Å². The number of ether oxygens (including phenoxy) is 2. The molecule has 0 aliphatic carbocycles. The Morgan fingerprint density at radius 3 is 2.52 bits per heavy atom. The fourth-order valence-corrected chi connectivity index (χ4v) is 2.15. The fraction of sp³-hybridized carbons (Fsp3) is 0.294. The highest BCUT2D eigenvalue weighted by Gasteiger charge is 2.10. The molecule has 0 aromatic heterocycles. The lowest BCUT2D eigenvalue weighted by molar-refractivity contribution is 0.280. The molecule has 0 atom stereocenters. The second-order valence-electron chi connectivity index (χ2n) is 4.64. The zero-order valence-electron chi connectivity index (χ0n) is 12.4. The fourth-order valence-electron chi connectivity index (χ4n) is 2.02. The molecule has 0 heterocycles. The summed E-state index contributed by atoms with van der Waals surface area (Å²) in [5.74, 6) is 1.54. The lowest BCUT2D eigenvalue weighted by Crippen LogP contribution is -2.13. The average Bonchev–Trinajstić information content (AvgIpc) is 2.52. The standard InChI is InChI=1S/C17H20ClNO2/c1-3-19-11-14-5-4-6-16(20-2)17(14)21-12-13-7-9-15(18)10-8-13/h4-10,19H,3,11-12H2,1-2H3. The molecule has 0 aliphatic heterocycles. The molecule has 3 nitrogen and oxygen atoms in total. The van der Waals surface area contributed by atoms with Crippen LogP contribution in [-0.4, -0.2) is 13.7 Å². The van der Waals surface area contributed by atoms with Gasteiger partial charge in [-0.1, -0.05) is 42.8 Å². The number of benzene rings is 2. The molecule has 0 saturated heterocycles. The minimum atomic E-state index is 0.483. The van der Waals surface area contributed by atoms with Gasteiger partial charge in [0.05, 0.1) is 7.11 Å². The summed E-state index contributed by atoms with van der Waals surface area (Å²) in [5.41, 5.74) is 2.16. The van der Waals surface area contributed by atoms with Gasteiger partial charge in [-0.3, -0.25) is 0 Å². The van der Waals surface area contributed by atoms with E-state index in [0.717, 1.165) is 40.7 Å². The van der Waals surface area contributed by atoms with Gasteiger partial charge >= 0.3 is 0 Å². The molecule has 2 aromatic rings. The van der Waals surface area contributed by atoms with Crippen molar-refractivity contribution in [1.82, 2.24) is 5.32 Å². The number of para-hydroxylation sites is 1. The number of halogens is 1. The van der Waals surface area contributed by atoms with E-state index in [4.69, 9.17) is 21.1 Å². The maximum Gasteiger partial charge on any atom is 0.166 e. The second kappa shape index (κ2) is 7.91. The summed E-state index contributed by atoms with van der Waals surface area (Å²) in [5, 5.41) is 4.03. The second-order valence-corrected chi connectivity index (χ2v) is 5.08. The van der Waals surface area contributed by atoms with Crippen molar-refractivity contribution in [1.29, 1.82) is 0 Å². The van der Waals surface area contributed by atoms with Crippen LogP contribution in [0.3, 0.4) is 0 Å². The number of hydrogen-bond acceptors (Lipinski definition) is 3. The SMILES string of the molecule is CCNCc1cccc(OC)c1OCc1ccc(Cl)cc1. The molecule has 2 rings (SSSR count). The minimum absolute atomic E-state index is 0.483. The summed E-state index contributed by atoms with van der Waals surface area (Å²) in [4.78, 5) is 0. The van der Waals surface area contributed by atoms with E-state index in [9.17, 15) is 0 Å². The Labute approximate surface area is 130 Å². The summed E-state index contributed by atoms with van der Waals surface area (Å²) in [6.45, 7) is 4.22. The highest BCUT2D eigenvalue weighted by atomic mass is 35.5. The van der Waals surface area contributed by atoms with E-state index < -0.39 is 0 Å². The molecule has 4 heteroatoms. The van der Waals surface area contributed by atoms with Crippen LogP contribution < -0.4 is 14.8 Å². The van der Waals surface area contributed by atoms with Crippen molar-refractivity contribution in [3.63, 3.8) is 0 Å². The summed E-state index contributed by atoms with van der Waals surface area (Å²) in [6.07, 6.45) is 0. The normalized spacial score (nSPS) is 10.4. The Balaban J connectivity index is 2.14. The van der Waals surface area contributed by atoms with E-state index in [1.807, 2.05) is 42.5 Å². The van der Waals surface area contributed by atoms with Gasteiger partial charge in [0.2, 0.25) is 0 Å². The summed E-state index contributed by atoms with van der Waals surface area (Å²) < 4.78 is 11.4. The molecule has 2 aromatic carbocycles. The molecule has 0 saturated carbocycles. The van der Waals surface area contributed by atoms with Crippen LogP contribution in [0.5, 0.6) is 11.5 Å². The number of nitrogens with one attached hydrogen (secondary N) is 1. The molecule has 0 spiro atoms. The molecule has 1 N–H and O–H groups in total. The Morgan fingerprint density at radius 1 is 1.10 bits per heavy atom. The molecular weight excluding hydrogens is 286 g/mol. The van der Waals surface area contributed by atoms with Crippen molar-refractivity contribution in [2.45, 2.75) is 20.1 Å². The van der Waals surface area contributed by atoms with E-state index >= 15 is 0 Å². The average molecular weight is 306 g/mol. The quantitative estimate of drug-likeness (QED) is 0.837. The number of methoxy groups -OCH3 is 1. The van der Waals surface area contributed by atoms with Gasteiger partial charge in [-0.2, -0.15) is 0 Å². The maximum absolute atomic E-state index is 5.97. The molecule has 0 amide bonds.